The summed E-state index contributed by atoms with van der Waals surface area (Å²) >= 11 is 0. The lowest BCUT2D eigenvalue weighted by Gasteiger charge is -2.00. The van der Waals surface area contributed by atoms with Crippen LogP contribution in [-0.2, 0) is 6.42 Å². The molecule has 0 aromatic heterocycles. The van der Waals surface area contributed by atoms with E-state index in [1.807, 2.05) is 12.1 Å². The molecule has 1 aliphatic rings. The van der Waals surface area contributed by atoms with E-state index >= 15 is 0 Å². The van der Waals surface area contributed by atoms with Gasteiger partial charge in [0.15, 0.2) is 6.29 Å². The molecule has 0 spiro atoms. The minimum Gasteiger partial charge on any atom is -0.364 e. The Morgan fingerprint density at radius 1 is 1.30 bits per heavy atom. The highest BCUT2D eigenvalue weighted by atomic mass is 16.5. The summed E-state index contributed by atoms with van der Waals surface area (Å²) in [5, 5.41) is 17.6. The molecular formula is C8H8O2. The largest absolute Gasteiger partial charge is 0.364 e. The number of hydrogen-bond donors (Lipinski definition) is 2. The molecule has 2 N–H and O–H groups in total. The molecule has 0 amide bonds. The minimum absolute atomic E-state index is 0.664. The first-order valence-electron chi connectivity index (χ1n) is 3.26. The van der Waals surface area contributed by atoms with E-state index in [9.17, 15) is 0 Å². The van der Waals surface area contributed by atoms with Crippen molar-refractivity contribution in [1.82, 2.24) is 0 Å². The van der Waals surface area contributed by atoms with Crippen molar-refractivity contribution in [3.8, 4) is 0 Å². The summed E-state index contributed by atoms with van der Waals surface area (Å²) in [7, 11) is 0. The van der Waals surface area contributed by atoms with Crippen LogP contribution < -0.4 is 0 Å². The van der Waals surface area contributed by atoms with Gasteiger partial charge in [0.25, 0.3) is 0 Å². The van der Waals surface area contributed by atoms with Crippen molar-refractivity contribution >= 4 is 0 Å². The second-order valence-corrected chi connectivity index (χ2v) is 2.54. The molecule has 1 aliphatic carbocycles. The summed E-state index contributed by atoms with van der Waals surface area (Å²) in [6.45, 7) is 0. The summed E-state index contributed by atoms with van der Waals surface area (Å²) in [6.07, 6.45) is -0.364. The summed E-state index contributed by atoms with van der Waals surface area (Å²) in [5.74, 6) is 0. The lowest BCUT2D eigenvalue weighted by Crippen LogP contribution is -1.93. The molecule has 0 radical (unpaired) electrons. The third kappa shape index (κ3) is 0.735. The maximum absolute atomic E-state index is 8.79. The van der Waals surface area contributed by atoms with Crippen molar-refractivity contribution < 1.29 is 10.2 Å². The van der Waals surface area contributed by atoms with Crippen LogP contribution in [0.25, 0.3) is 0 Å². The third-order valence-corrected chi connectivity index (χ3v) is 1.83. The van der Waals surface area contributed by atoms with Gasteiger partial charge in [-0.25, -0.2) is 0 Å². The fourth-order valence-corrected chi connectivity index (χ4v) is 1.20. The molecule has 0 saturated heterocycles. The van der Waals surface area contributed by atoms with Gasteiger partial charge in [0.1, 0.15) is 0 Å². The predicted molar refractivity (Wildman–Crippen MR) is 36.4 cm³/mol. The summed E-state index contributed by atoms with van der Waals surface area (Å²) in [6, 6.07) is 5.60. The van der Waals surface area contributed by atoms with Crippen LogP contribution in [0.2, 0.25) is 0 Å². The van der Waals surface area contributed by atoms with E-state index in [4.69, 9.17) is 10.2 Å². The van der Waals surface area contributed by atoms with Crippen molar-refractivity contribution in [1.29, 1.82) is 0 Å². The van der Waals surface area contributed by atoms with E-state index in [1.54, 1.807) is 6.07 Å². The highest BCUT2D eigenvalue weighted by Gasteiger charge is 2.22. The summed E-state index contributed by atoms with van der Waals surface area (Å²) in [5.41, 5.74) is 3.01. The van der Waals surface area contributed by atoms with Gasteiger partial charge in [0, 0.05) is 5.56 Å². The van der Waals surface area contributed by atoms with Crippen molar-refractivity contribution in [2.75, 3.05) is 0 Å². The van der Waals surface area contributed by atoms with Crippen LogP contribution in [-0.4, -0.2) is 10.2 Å². The molecule has 0 atom stereocenters. The van der Waals surface area contributed by atoms with Gasteiger partial charge in [-0.05, 0) is 17.5 Å². The first kappa shape index (κ1) is 5.89. The summed E-state index contributed by atoms with van der Waals surface area (Å²) in [4.78, 5) is 0. The molecule has 0 fully saturated rings. The zero-order chi connectivity index (χ0) is 7.14. The number of benzene rings is 1. The van der Waals surface area contributed by atoms with Crippen LogP contribution in [0.4, 0.5) is 0 Å². The number of rotatable bonds is 1. The Labute approximate surface area is 58.7 Å². The van der Waals surface area contributed by atoms with Gasteiger partial charge in [-0.15, -0.1) is 0 Å². The van der Waals surface area contributed by atoms with Crippen molar-refractivity contribution in [3.63, 3.8) is 0 Å². The lowest BCUT2D eigenvalue weighted by molar-refractivity contribution is -0.0426. The van der Waals surface area contributed by atoms with Crippen LogP contribution in [0, 0.1) is 0 Å². The first-order valence-corrected chi connectivity index (χ1v) is 3.26. The molecule has 52 valence electrons. The highest BCUT2D eigenvalue weighted by molar-refractivity contribution is 5.50. The maximum atomic E-state index is 8.79. The number of fused-ring (bicyclic) bond motifs is 1. The van der Waals surface area contributed by atoms with E-state index in [-0.39, 0.29) is 0 Å². The maximum Gasteiger partial charge on any atom is 0.178 e. The minimum atomic E-state index is -1.29. The standard InChI is InChI=1S/C8H8O2/c9-8(10)6-3-1-2-5-4-7(5)6/h1-3,8-10H,4H2. The fraction of sp³-hybridized carbons (Fsp3) is 0.250. The SMILES string of the molecule is OC(O)c1cccc2c1C2. The molecule has 10 heavy (non-hydrogen) atoms. The Hall–Kier alpha value is -0.860. The second kappa shape index (κ2) is 1.81. The van der Waals surface area contributed by atoms with Gasteiger partial charge < -0.3 is 10.2 Å². The third-order valence-electron chi connectivity index (χ3n) is 1.83. The van der Waals surface area contributed by atoms with Gasteiger partial charge in [0.05, 0.1) is 0 Å². The van der Waals surface area contributed by atoms with Crippen molar-refractivity contribution in [2.45, 2.75) is 12.7 Å². The molecule has 1 aromatic rings. The lowest BCUT2D eigenvalue weighted by atomic mass is 10.2. The van der Waals surface area contributed by atoms with Crippen LogP contribution in [0.3, 0.4) is 0 Å². The van der Waals surface area contributed by atoms with Crippen LogP contribution in [0.5, 0.6) is 0 Å². The molecule has 1 aromatic carbocycles. The van der Waals surface area contributed by atoms with Gasteiger partial charge in [-0.2, -0.15) is 0 Å². The van der Waals surface area contributed by atoms with E-state index in [2.05, 4.69) is 0 Å². The topological polar surface area (TPSA) is 40.5 Å². The molecular weight excluding hydrogens is 128 g/mol. The molecule has 2 rings (SSSR count). The second-order valence-electron chi connectivity index (χ2n) is 2.54. The van der Waals surface area contributed by atoms with Crippen molar-refractivity contribution in [3.05, 3.63) is 34.9 Å². The van der Waals surface area contributed by atoms with Gasteiger partial charge in [-0.3, -0.25) is 0 Å². The fourth-order valence-electron chi connectivity index (χ4n) is 1.20. The highest BCUT2D eigenvalue weighted by Crippen LogP contribution is 2.33. The van der Waals surface area contributed by atoms with Gasteiger partial charge in [0.2, 0.25) is 0 Å². The molecule has 2 heteroatoms. The number of aliphatic hydroxyl groups is 2. The van der Waals surface area contributed by atoms with E-state index in [1.165, 1.54) is 5.56 Å². The Bertz CT molecular complexity index is 266. The van der Waals surface area contributed by atoms with Gasteiger partial charge in [-0.1, -0.05) is 18.2 Å². The smallest absolute Gasteiger partial charge is 0.178 e. The zero-order valence-electron chi connectivity index (χ0n) is 5.41. The Morgan fingerprint density at radius 3 is 2.70 bits per heavy atom. The predicted octanol–water partition coefficient (Wildman–Crippen LogP) is 0.574. The van der Waals surface area contributed by atoms with Crippen LogP contribution in [0.15, 0.2) is 18.2 Å². The van der Waals surface area contributed by atoms with Crippen LogP contribution >= 0.6 is 0 Å². The molecule has 0 bridgehead atoms. The van der Waals surface area contributed by atoms with E-state index in [0.29, 0.717) is 5.56 Å². The average Bonchev–Trinajstić information content (AvgIpc) is 2.63. The van der Waals surface area contributed by atoms with Gasteiger partial charge >= 0.3 is 0 Å². The monoisotopic (exact) mass is 136 g/mol. The van der Waals surface area contributed by atoms with Crippen molar-refractivity contribution in [2.24, 2.45) is 0 Å². The Morgan fingerprint density at radius 2 is 2.10 bits per heavy atom. The molecule has 2 nitrogen and oxygen atoms in total. The molecule has 0 heterocycles. The molecule has 0 saturated carbocycles. The molecule has 0 unspecified atom stereocenters. The first-order chi connectivity index (χ1) is 4.79. The average molecular weight is 136 g/mol. The molecule has 0 aliphatic heterocycles. The Kier molecular flexibility index (Phi) is 1.07. The Balaban J connectivity index is 2.46. The van der Waals surface area contributed by atoms with E-state index < -0.39 is 6.29 Å². The summed E-state index contributed by atoms with van der Waals surface area (Å²) < 4.78 is 0. The zero-order valence-corrected chi connectivity index (χ0v) is 5.41. The quantitative estimate of drug-likeness (QED) is 0.563. The number of aliphatic hydroxyl groups excluding tert-OH is 1. The van der Waals surface area contributed by atoms with E-state index in [0.717, 1.165) is 12.0 Å². The van der Waals surface area contributed by atoms with Crippen LogP contribution in [0.1, 0.15) is 23.0 Å². The number of hydrogen-bond acceptors (Lipinski definition) is 2. The normalized spacial score (nSPS) is 13.5.